The summed E-state index contributed by atoms with van der Waals surface area (Å²) in [5, 5.41) is 8.45. The minimum Gasteiger partial charge on any atom is -0.480 e. The first-order chi connectivity index (χ1) is 5.68. The van der Waals surface area contributed by atoms with Crippen LogP contribution in [-0.4, -0.2) is 22.9 Å². The summed E-state index contributed by atoms with van der Waals surface area (Å²) in [5.74, 6) is 0.00883. The monoisotopic (exact) mass is 191 g/mol. The van der Waals surface area contributed by atoms with Crippen LogP contribution in [0.2, 0.25) is 0 Å². The second-order valence-electron chi connectivity index (χ2n) is 2.87. The highest BCUT2D eigenvalue weighted by atomic mass is 32.1. The molecular weight excluding hydrogens is 174 g/mol. The van der Waals surface area contributed by atoms with Crippen LogP contribution in [-0.2, 0) is 4.79 Å². The molecule has 0 aromatic rings. The van der Waals surface area contributed by atoms with Gasteiger partial charge in [-0.05, 0) is 18.6 Å². The van der Waals surface area contributed by atoms with Gasteiger partial charge in [0.25, 0.3) is 0 Å². The predicted molar refractivity (Wildman–Crippen MR) is 52.5 cm³/mol. The molecule has 0 aliphatic carbocycles. The summed E-state index contributed by atoms with van der Waals surface area (Å²) >= 11 is 4.08. The largest absolute Gasteiger partial charge is 0.480 e. The van der Waals surface area contributed by atoms with Crippen LogP contribution in [0, 0.1) is 0 Å². The molecule has 0 aliphatic heterocycles. The lowest BCUT2D eigenvalue weighted by atomic mass is 10.1. The zero-order valence-electron chi connectivity index (χ0n) is 7.20. The minimum atomic E-state index is -0.899. The van der Waals surface area contributed by atoms with Crippen LogP contribution >= 0.6 is 12.6 Å². The van der Waals surface area contributed by atoms with Crippen molar-refractivity contribution >= 4 is 18.6 Å². The molecule has 0 spiro atoms. The quantitative estimate of drug-likeness (QED) is 0.419. The van der Waals surface area contributed by atoms with Gasteiger partial charge < -0.3 is 10.8 Å². The Balaban J connectivity index is 3.14. The van der Waals surface area contributed by atoms with E-state index < -0.39 is 12.0 Å². The van der Waals surface area contributed by atoms with Crippen molar-refractivity contribution in [2.75, 3.05) is 5.75 Å². The van der Waals surface area contributed by atoms with E-state index in [1.807, 2.05) is 0 Å². The van der Waals surface area contributed by atoms with E-state index in [-0.39, 0.29) is 0 Å². The third kappa shape index (κ3) is 6.49. The molecule has 3 N–H and O–H groups in total. The van der Waals surface area contributed by atoms with Gasteiger partial charge in [-0.2, -0.15) is 12.6 Å². The van der Waals surface area contributed by atoms with Crippen LogP contribution in [0.5, 0.6) is 0 Å². The zero-order chi connectivity index (χ0) is 9.40. The lowest BCUT2D eigenvalue weighted by Gasteiger charge is -2.04. The van der Waals surface area contributed by atoms with Gasteiger partial charge in [0.15, 0.2) is 0 Å². The summed E-state index contributed by atoms with van der Waals surface area (Å²) in [6.07, 6.45) is 4.77. The van der Waals surface area contributed by atoms with Crippen LogP contribution in [0.3, 0.4) is 0 Å². The van der Waals surface area contributed by atoms with Gasteiger partial charge in [-0.3, -0.25) is 4.79 Å². The van der Waals surface area contributed by atoms with E-state index in [4.69, 9.17) is 10.8 Å². The highest BCUT2D eigenvalue weighted by Gasteiger charge is 2.09. The minimum absolute atomic E-state index is 0.585. The second kappa shape index (κ2) is 7.43. The van der Waals surface area contributed by atoms with Crippen molar-refractivity contribution in [1.29, 1.82) is 0 Å². The number of carboxylic acids is 1. The van der Waals surface area contributed by atoms with Gasteiger partial charge in [0.05, 0.1) is 0 Å². The molecule has 0 aromatic heterocycles. The molecule has 0 bridgehead atoms. The highest BCUT2D eigenvalue weighted by molar-refractivity contribution is 7.80. The molecule has 0 radical (unpaired) electrons. The number of unbranched alkanes of at least 4 members (excludes halogenated alkanes) is 3. The fourth-order valence-corrected chi connectivity index (χ4v) is 1.18. The number of hydrogen-bond donors (Lipinski definition) is 3. The first kappa shape index (κ1) is 11.8. The van der Waals surface area contributed by atoms with E-state index in [0.717, 1.165) is 31.4 Å². The van der Waals surface area contributed by atoms with Gasteiger partial charge in [0.1, 0.15) is 6.04 Å². The lowest BCUT2D eigenvalue weighted by molar-refractivity contribution is -0.138. The number of carbonyl (C=O) groups is 1. The molecule has 0 saturated heterocycles. The fourth-order valence-electron chi connectivity index (χ4n) is 0.953. The normalized spacial score (nSPS) is 12.8. The zero-order valence-corrected chi connectivity index (χ0v) is 8.09. The summed E-state index contributed by atoms with van der Waals surface area (Å²) in [6.45, 7) is 0. The number of nitrogens with two attached hydrogens (primary N) is 1. The van der Waals surface area contributed by atoms with E-state index >= 15 is 0 Å². The maximum absolute atomic E-state index is 10.3. The van der Waals surface area contributed by atoms with Crippen molar-refractivity contribution in [2.45, 2.75) is 38.1 Å². The molecule has 0 aliphatic rings. The Labute approximate surface area is 78.7 Å². The number of rotatable bonds is 7. The summed E-state index contributed by atoms with van der Waals surface area (Å²) in [4.78, 5) is 10.3. The fraction of sp³-hybridized carbons (Fsp3) is 0.875. The first-order valence-corrected chi connectivity index (χ1v) is 4.91. The summed E-state index contributed by atoms with van der Waals surface area (Å²) < 4.78 is 0. The van der Waals surface area contributed by atoms with Gasteiger partial charge >= 0.3 is 5.97 Å². The van der Waals surface area contributed by atoms with Crippen molar-refractivity contribution in [2.24, 2.45) is 5.73 Å². The molecule has 12 heavy (non-hydrogen) atoms. The average Bonchev–Trinajstić information content (AvgIpc) is 2.03. The van der Waals surface area contributed by atoms with Gasteiger partial charge in [-0.15, -0.1) is 0 Å². The lowest BCUT2D eigenvalue weighted by Crippen LogP contribution is -2.29. The standard InChI is InChI=1S/C8H17NO2S/c9-7(8(10)11)5-3-1-2-4-6-12/h7,12H,1-6,9H2,(H,10,11). The van der Waals surface area contributed by atoms with Gasteiger partial charge in [-0.25, -0.2) is 0 Å². The summed E-state index contributed by atoms with van der Waals surface area (Å²) in [5.41, 5.74) is 5.32. The van der Waals surface area contributed by atoms with Crippen molar-refractivity contribution in [1.82, 2.24) is 0 Å². The van der Waals surface area contributed by atoms with Gasteiger partial charge in [0, 0.05) is 0 Å². The maximum atomic E-state index is 10.3. The molecule has 3 nitrogen and oxygen atoms in total. The third-order valence-electron chi connectivity index (χ3n) is 1.74. The van der Waals surface area contributed by atoms with E-state index in [1.54, 1.807) is 0 Å². The molecule has 0 heterocycles. The number of carboxylic acid groups (broad SMARTS) is 1. The van der Waals surface area contributed by atoms with Crippen molar-refractivity contribution in [3.63, 3.8) is 0 Å². The SMILES string of the molecule is NC(CCCCCCS)C(=O)O. The molecule has 0 amide bonds. The topological polar surface area (TPSA) is 63.3 Å². The molecule has 0 rings (SSSR count). The smallest absolute Gasteiger partial charge is 0.320 e. The third-order valence-corrected chi connectivity index (χ3v) is 2.06. The maximum Gasteiger partial charge on any atom is 0.320 e. The Kier molecular flexibility index (Phi) is 7.29. The van der Waals surface area contributed by atoms with E-state index in [9.17, 15) is 4.79 Å². The number of aliphatic carboxylic acids is 1. The molecule has 4 heteroatoms. The van der Waals surface area contributed by atoms with Crippen LogP contribution in [0.15, 0.2) is 0 Å². The van der Waals surface area contributed by atoms with Crippen LogP contribution in [0.1, 0.15) is 32.1 Å². The van der Waals surface area contributed by atoms with Crippen LogP contribution < -0.4 is 5.73 Å². The Morgan fingerprint density at radius 1 is 1.33 bits per heavy atom. The van der Waals surface area contributed by atoms with E-state index in [0.29, 0.717) is 6.42 Å². The molecular formula is C8H17NO2S. The average molecular weight is 191 g/mol. The second-order valence-corrected chi connectivity index (χ2v) is 3.32. The Bertz CT molecular complexity index is 130. The predicted octanol–water partition coefficient (Wildman–Crippen LogP) is 1.28. The van der Waals surface area contributed by atoms with Crippen molar-refractivity contribution in [3.8, 4) is 0 Å². The van der Waals surface area contributed by atoms with Gasteiger partial charge in [0.2, 0.25) is 0 Å². The summed E-state index contributed by atoms with van der Waals surface area (Å²) in [6, 6.07) is -0.680. The van der Waals surface area contributed by atoms with E-state index in [2.05, 4.69) is 12.6 Å². The molecule has 1 unspecified atom stereocenters. The van der Waals surface area contributed by atoms with Gasteiger partial charge in [-0.1, -0.05) is 19.3 Å². The Hall–Kier alpha value is -0.220. The molecule has 0 fully saturated rings. The van der Waals surface area contributed by atoms with Crippen LogP contribution in [0.4, 0.5) is 0 Å². The highest BCUT2D eigenvalue weighted by Crippen LogP contribution is 2.05. The molecule has 0 aromatic carbocycles. The van der Waals surface area contributed by atoms with Crippen molar-refractivity contribution in [3.05, 3.63) is 0 Å². The molecule has 72 valence electrons. The van der Waals surface area contributed by atoms with Crippen molar-refractivity contribution < 1.29 is 9.90 Å². The Morgan fingerprint density at radius 2 is 1.92 bits per heavy atom. The van der Waals surface area contributed by atoms with Crippen LogP contribution in [0.25, 0.3) is 0 Å². The Morgan fingerprint density at radius 3 is 2.42 bits per heavy atom. The number of hydrogen-bond acceptors (Lipinski definition) is 3. The molecule has 1 atom stereocenters. The molecule has 0 saturated carbocycles. The first-order valence-electron chi connectivity index (χ1n) is 4.27. The summed E-state index contributed by atoms with van der Waals surface area (Å²) in [7, 11) is 0. The van der Waals surface area contributed by atoms with E-state index in [1.165, 1.54) is 0 Å². The number of thiol groups is 1.